The molecule has 0 atom stereocenters. The van der Waals surface area contributed by atoms with Gasteiger partial charge in [-0.05, 0) is 24.3 Å². The van der Waals surface area contributed by atoms with Crippen LogP contribution >= 0.6 is 11.6 Å². The number of methoxy groups -OCH3 is 1. The summed E-state index contributed by atoms with van der Waals surface area (Å²) >= 11 is 5.79. The number of nitrogens with one attached hydrogen (secondary N) is 2. The molecule has 0 fully saturated rings. The van der Waals surface area contributed by atoms with Crippen molar-refractivity contribution < 1.29 is 14.3 Å². The number of rotatable bonds is 7. The van der Waals surface area contributed by atoms with E-state index in [0.717, 1.165) is 0 Å². The highest BCUT2D eigenvalue weighted by Gasteiger charge is 2.09. The molecule has 0 aliphatic heterocycles. The monoisotopic (exact) mass is 366 g/mol. The molecule has 2 N–H and O–H groups in total. The molecule has 0 aliphatic rings. The molecule has 0 aliphatic carbocycles. The largest absolute Gasteiger partial charge is 0.467 e. The fraction of sp³-hybridized carbons (Fsp3) is 0.333. The number of urea groups is 1. The molecule has 2 amide bonds. The normalized spacial score (nSPS) is 10.1. The van der Waals surface area contributed by atoms with E-state index in [1.54, 1.807) is 43.3 Å². The number of halogens is 1. The Morgan fingerprint density at radius 2 is 1.84 bits per heavy atom. The van der Waals surface area contributed by atoms with Gasteiger partial charge in [0.1, 0.15) is 6.61 Å². The molecule has 2 aromatic rings. The first-order chi connectivity index (χ1) is 12.0. The second-order valence-electron chi connectivity index (χ2n) is 5.04. The minimum absolute atomic E-state index is 0.121. The molecule has 134 valence electrons. The van der Waals surface area contributed by atoms with Gasteiger partial charge in [0.15, 0.2) is 0 Å². The van der Waals surface area contributed by atoms with Crippen LogP contribution in [0.25, 0.3) is 0 Å². The Bertz CT molecular complexity index is 711. The summed E-state index contributed by atoms with van der Waals surface area (Å²) in [5.74, 6) is 0.412. The summed E-state index contributed by atoms with van der Waals surface area (Å²) in [6, 6.07) is 6.72. The lowest BCUT2D eigenvalue weighted by Gasteiger charge is -2.12. The van der Waals surface area contributed by atoms with E-state index in [1.807, 2.05) is 0 Å². The van der Waals surface area contributed by atoms with Gasteiger partial charge in [-0.1, -0.05) is 11.6 Å². The van der Waals surface area contributed by atoms with Crippen LogP contribution in [0, 0.1) is 0 Å². The standard InChI is InChI=1S/C15H19ClN6O3/c1-22(2)12-19-14(24-3)21-15(20-12)25-9-8-17-13(23)18-11-6-4-10(16)5-7-11/h4-7H,8-9H2,1-3H3,(H2,17,18,23). The third-order valence-corrected chi connectivity index (χ3v) is 3.14. The van der Waals surface area contributed by atoms with Crippen molar-refractivity contribution in [2.24, 2.45) is 0 Å². The third kappa shape index (κ3) is 5.96. The van der Waals surface area contributed by atoms with E-state index in [9.17, 15) is 4.79 Å². The van der Waals surface area contributed by atoms with Crippen LogP contribution in [0.15, 0.2) is 24.3 Å². The van der Waals surface area contributed by atoms with Crippen LogP contribution in [0.4, 0.5) is 16.4 Å². The zero-order valence-corrected chi connectivity index (χ0v) is 14.9. The van der Waals surface area contributed by atoms with Crippen molar-refractivity contribution >= 4 is 29.3 Å². The van der Waals surface area contributed by atoms with Gasteiger partial charge in [0, 0.05) is 24.8 Å². The van der Waals surface area contributed by atoms with Crippen molar-refractivity contribution in [3.63, 3.8) is 0 Å². The highest BCUT2D eigenvalue weighted by atomic mass is 35.5. The molecule has 0 saturated heterocycles. The zero-order valence-electron chi connectivity index (χ0n) is 14.1. The van der Waals surface area contributed by atoms with Crippen LogP contribution in [0.3, 0.4) is 0 Å². The first-order valence-electron chi connectivity index (χ1n) is 7.38. The van der Waals surface area contributed by atoms with Gasteiger partial charge in [-0.25, -0.2) is 4.79 Å². The molecule has 0 unspecified atom stereocenters. The van der Waals surface area contributed by atoms with Gasteiger partial charge >= 0.3 is 18.1 Å². The fourth-order valence-corrected chi connectivity index (χ4v) is 1.83. The van der Waals surface area contributed by atoms with Crippen molar-refractivity contribution in [1.29, 1.82) is 0 Å². The second kappa shape index (κ2) is 8.88. The number of aromatic nitrogens is 3. The summed E-state index contributed by atoms with van der Waals surface area (Å²) in [6.07, 6.45) is 0. The highest BCUT2D eigenvalue weighted by Crippen LogP contribution is 2.14. The quantitative estimate of drug-likeness (QED) is 0.720. The summed E-state index contributed by atoms with van der Waals surface area (Å²) in [6.45, 7) is 0.457. The smallest absolute Gasteiger partial charge is 0.324 e. The maximum Gasteiger partial charge on any atom is 0.324 e. The first-order valence-corrected chi connectivity index (χ1v) is 7.76. The Morgan fingerprint density at radius 1 is 1.16 bits per heavy atom. The van der Waals surface area contributed by atoms with Crippen LogP contribution in [0.2, 0.25) is 5.02 Å². The van der Waals surface area contributed by atoms with E-state index in [2.05, 4.69) is 25.6 Å². The van der Waals surface area contributed by atoms with E-state index in [0.29, 0.717) is 16.7 Å². The Hall–Kier alpha value is -2.81. The summed E-state index contributed by atoms with van der Waals surface area (Å²) in [5.41, 5.74) is 0.639. The maximum atomic E-state index is 11.8. The third-order valence-electron chi connectivity index (χ3n) is 2.89. The topological polar surface area (TPSA) is 102 Å². The molecule has 1 aromatic carbocycles. The molecule has 2 rings (SSSR count). The van der Waals surface area contributed by atoms with Crippen LogP contribution in [0.1, 0.15) is 0 Å². The highest BCUT2D eigenvalue weighted by molar-refractivity contribution is 6.30. The number of anilines is 2. The van der Waals surface area contributed by atoms with Crippen LogP contribution in [-0.4, -0.2) is 55.3 Å². The van der Waals surface area contributed by atoms with Crippen LogP contribution < -0.4 is 25.0 Å². The maximum absolute atomic E-state index is 11.8. The van der Waals surface area contributed by atoms with Crippen molar-refractivity contribution in [3.8, 4) is 12.0 Å². The number of carbonyl (C=O) groups is 1. The van der Waals surface area contributed by atoms with Crippen molar-refractivity contribution in [3.05, 3.63) is 29.3 Å². The molecule has 25 heavy (non-hydrogen) atoms. The SMILES string of the molecule is COc1nc(OCCNC(=O)Nc2ccc(Cl)cc2)nc(N(C)C)n1. The number of hydrogen-bond donors (Lipinski definition) is 2. The molecular formula is C15H19ClN6O3. The number of ether oxygens (including phenoxy) is 2. The van der Waals surface area contributed by atoms with Crippen LogP contribution in [0.5, 0.6) is 12.0 Å². The second-order valence-corrected chi connectivity index (χ2v) is 5.47. The summed E-state index contributed by atoms with van der Waals surface area (Å²) in [7, 11) is 5.05. The van der Waals surface area contributed by atoms with Crippen molar-refractivity contribution in [2.45, 2.75) is 0 Å². The Labute approximate surface area is 150 Å². The molecule has 9 nitrogen and oxygen atoms in total. The molecule has 0 saturated carbocycles. The molecule has 1 heterocycles. The number of amides is 2. The number of nitrogens with zero attached hydrogens (tertiary/aromatic N) is 4. The van der Waals surface area contributed by atoms with Gasteiger partial charge in [-0.2, -0.15) is 9.97 Å². The Morgan fingerprint density at radius 3 is 2.48 bits per heavy atom. The number of hydrogen-bond acceptors (Lipinski definition) is 7. The van der Waals surface area contributed by atoms with Crippen molar-refractivity contribution in [1.82, 2.24) is 20.3 Å². The van der Waals surface area contributed by atoms with Gasteiger partial charge < -0.3 is 25.0 Å². The average molecular weight is 367 g/mol. The summed E-state index contributed by atoms with van der Waals surface area (Å²) < 4.78 is 10.4. The molecule has 0 spiro atoms. The van der Waals surface area contributed by atoms with E-state index < -0.39 is 0 Å². The van der Waals surface area contributed by atoms with Gasteiger partial charge in [0.2, 0.25) is 5.95 Å². The van der Waals surface area contributed by atoms with Crippen LogP contribution in [-0.2, 0) is 0 Å². The predicted molar refractivity (Wildman–Crippen MR) is 94.7 cm³/mol. The van der Waals surface area contributed by atoms with Gasteiger partial charge in [0.25, 0.3) is 0 Å². The zero-order chi connectivity index (χ0) is 18.2. The molecule has 10 heteroatoms. The number of carbonyl (C=O) groups excluding carboxylic acids is 1. The first kappa shape index (κ1) is 18.5. The molecule has 0 bridgehead atoms. The van der Waals surface area contributed by atoms with E-state index in [4.69, 9.17) is 21.1 Å². The van der Waals surface area contributed by atoms with Gasteiger partial charge in [0.05, 0.1) is 13.7 Å². The lowest BCUT2D eigenvalue weighted by atomic mass is 10.3. The van der Waals surface area contributed by atoms with Crippen molar-refractivity contribution in [2.75, 3.05) is 44.6 Å². The van der Waals surface area contributed by atoms with E-state index in [1.165, 1.54) is 7.11 Å². The lowest BCUT2D eigenvalue weighted by molar-refractivity contribution is 0.244. The average Bonchev–Trinajstić information content (AvgIpc) is 2.60. The summed E-state index contributed by atoms with van der Waals surface area (Å²) in [5, 5.41) is 5.94. The van der Waals surface area contributed by atoms with E-state index >= 15 is 0 Å². The van der Waals surface area contributed by atoms with E-state index in [-0.39, 0.29) is 31.2 Å². The molecule has 1 aromatic heterocycles. The minimum atomic E-state index is -0.354. The van der Waals surface area contributed by atoms with Gasteiger partial charge in [-0.15, -0.1) is 4.98 Å². The predicted octanol–water partition coefficient (Wildman–Crippen LogP) is 1.80. The fourth-order valence-electron chi connectivity index (χ4n) is 1.70. The lowest BCUT2D eigenvalue weighted by Crippen LogP contribution is -2.32. The van der Waals surface area contributed by atoms with Gasteiger partial charge in [-0.3, -0.25) is 0 Å². The number of benzene rings is 1. The Kier molecular flexibility index (Phi) is 6.58. The Balaban J connectivity index is 1.79. The summed E-state index contributed by atoms with van der Waals surface area (Å²) in [4.78, 5) is 25.7. The molecular weight excluding hydrogens is 348 g/mol. The molecule has 0 radical (unpaired) electrons. The minimum Gasteiger partial charge on any atom is -0.467 e.